The topological polar surface area (TPSA) is 46.6 Å². The van der Waals surface area contributed by atoms with Crippen LogP contribution < -0.4 is 0 Å². The minimum atomic E-state index is -0.656. The second-order valence-electron chi connectivity index (χ2n) is 7.08. The van der Waals surface area contributed by atoms with E-state index in [0.717, 1.165) is 11.1 Å². The number of benzene rings is 2. The Hall–Kier alpha value is -2.27. The monoisotopic (exact) mass is 367 g/mol. The van der Waals surface area contributed by atoms with Gasteiger partial charge < -0.3 is 9.64 Å². The predicted molar refractivity (Wildman–Crippen MR) is 102 cm³/mol. The fourth-order valence-corrected chi connectivity index (χ4v) is 5.38. The maximum absolute atomic E-state index is 13.2. The molecule has 5 heteroatoms. The molecule has 0 spiro atoms. The van der Waals surface area contributed by atoms with Crippen LogP contribution in [0.1, 0.15) is 35.3 Å². The van der Waals surface area contributed by atoms with E-state index in [4.69, 9.17) is 4.74 Å². The van der Waals surface area contributed by atoms with Crippen LogP contribution >= 0.6 is 11.8 Å². The molecule has 2 aromatic rings. The lowest BCUT2D eigenvalue weighted by Gasteiger charge is -2.34. The second-order valence-corrected chi connectivity index (χ2v) is 8.29. The molecular formula is C21H21NO3S. The molecule has 4 rings (SSSR count). The van der Waals surface area contributed by atoms with Crippen LogP contribution in [0.3, 0.4) is 0 Å². The van der Waals surface area contributed by atoms with Gasteiger partial charge in [0.2, 0.25) is 0 Å². The summed E-state index contributed by atoms with van der Waals surface area (Å²) in [5, 5.41) is 0. The Morgan fingerprint density at radius 1 is 1.19 bits per heavy atom. The smallest absolute Gasteiger partial charge is 0.329 e. The Morgan fingerprint density at radius 2 is 1.88 bits per heavy atom. The van der Waals surface area contributed by atoms with Gasteiger partial charge in [0.05, 0.1) is 6.61 Å². The van der Waals surface area contributed by atoms with Crippen molar-refractivity contribution in [2.45, 2.75) is 24.8 Å². The third-order valence-corrected chi connectivity index (χ3v) is 6.39. The molecule has 4 nitrogen and oxygen atoms in total. The first-order valence-electron chi connectivity index (χ1n) is 8.85. The zero-order valence-electron chi connectivity index (χ0n) is 14.8. The molecule has 0 N–H and O–H groups in total. The van der Waals surface area contributed by atoms with Crippen LogP contribution in [0.4, 0.5) is 0 Å². The van der Waals surface area contributed by atoms with E-state index < -0.39 is 10.9 Å². The molecule has 0 radical (unpaired) electrons. The van der Waals surface area contributed by atoms with E-state index in [-0.39, 0.29) is 17.8 Å². The van der Waals surface area contributed by atoms with E-state index in [1.807, 2.05) is 68.4 Å². The van der Waals surface area contributed by atoms with Gasteiger partial charge in [-0.05, 0) is 17.5 Å². The number of amides is 1. The molecular weight excluding hydrogens is 346 g/mol. The summed E-state index contributed by atoms with van der Waals surface area (Å²) in [7, 11) is 0. The lowest BCUT2D eigenvalue weighted by atomic mass is 9.97. The van der Waals surface area contributed by atoms with E-state index in [9.17, 15) is 9.59 Å². The Balaban J connectivity index is 1.79. The molecule has 0 bridgehead atoms. The largest absolute Gasteiger partial charge is 0.464 e. The van der Waals surface area contributed by atoms with Crippen molar-refractivity contribution in [1.82, 2.24) is 4.90 Å². The van der Waals surface area contributed by atoms with E-state index >= 15 is 0 Å². The lowest BCUT2D eigenvalue weighted by Crippen LogP contribution is -2.47. The number of carbonyl (C=O) groups excluding carboxylic acids is 2. The Bertz CT molecular complexity index is 851. The molecule has 0 saturated carbocycles. The highest BCUT2D eigenvalue weighted by Crippen LogP contribution is 2.57. The van der Waals surface area contributed by atoms with E-state index in [1.165, 1.54) is 0 Å². The molecule has 2 atom stereocenters. The SMILES string of the molecule is CC(C)COC(=O)C1CSC2(c3ccccc3)c3ccccc3C(=O)N12. The van der Waals surface area contributed by atoms with Gasteiger partial charge >= 0.3 is 5.97 Å². The molecule has 2 aliphatic rings. The van der Waals surface area contributed by atoms with E-state index in [2.05, 4.69) is 0 Å². The number of hydrogen-bond acceptors (Lipinski definition) is 4. The van der Waals surface area contributed by atoms with E-state index in [1.54, 1.807) is 16.7 Å². The van der Waals surface area contributed by atoms with Gasteiger partial charge in [-0.1, -0.05) is 62.4 Å². The minimum absolute atomic E-state index is 0.0963. The Kier molecular flexibility index (Phi) is 4.27. The van der Waals surface area contributed by atoms with Gasteiger partial charge in [0, 0.05) is 16.9 Å². The molecule has 1 amide bonds. The van der Waals surface area contributed by atoms with Crippen LogP contribution in [-0.2, 0) is 14.4 Å². The number of ether oxygens (including phenoxy) is 1. The first-order valence-corrected chi connectivity index (χ1v) is 9.83. The maximum Gasteiger partial charge on any atom is 0.329 e. The molecule has 2 aromatic carbocycles. The van der Waals surface area contributed by atoms with Crippen LogP contribution in [0.25, 0.3) is 0 Å². The molecule has 1 fully saturated rings. The highest BCUT2D eigenvalue weighted by atomic mass is 32.2. The summed E-state index contributed by atoms with van der Waals surface area (Å²) in [6, 6.07) is 17.0. The number of fused-ring (bicyclic) bond motifs is 3. The fourth-order valence-electron chi connectivity index (χ4n) is 3.71. The van der Waals surface area contributed by atoms with Gasteiger partial charge in [-0.15, -0.1) is 11.8 Å². The molecule has 2 heterocycles. The summed E-state index contributed by atoms with van der Waals surface area (Å²) in [5.41, 5.74) is 2.65. The van der Waals surface area contributed by atoms with Crippen molar-refractivity contribution in [3.05, 3.63) is 71.3 Å². The van der Waals surface area contributed by atoms with Crippen LogP contribution in [-0.4, -0.2) is 35.2 Å². The fraction of sp³-hybridized carbons (Fsp3) is 0.333. The summed E-state index contributed by atoms with van der Waals surface area (Å²) in [4.78, 5) is 27.0. The molecule has 134 valence electrons. The van der Waals surface area contributed by atoms with Crippen molar-refractivity contribution in [3.8, 4) is 0 Å². The van der Waals surface area contributed by atoms with Crippen LogP contribution in [0.5, 0.6) is 0 Å². The van der Waals surface area contributed by atoms with Gasteiger partial charge in [-0.2, -0.15) is 0 Å². The standard InChI is InChI=1S/C21H21NO3S/c1-14(2)12-25-20(24)18-13-26-21(15-8-4-3-5-9-15)17-11-7-6-10-16(17)19(23)22(18)21/h3-11,14,18H,12-13H2,1-2H3. The van der Waals surface area contributed by atoms with Gasteiger partial charge in [0.1, 0.15) is 10.9 Å². The quantitative estimate of drug-likeness (QED) is 0.774. The number of thioether (sulfide) groups is 1. The average Bonchev–Trinajstić information content (AvgIpc) is 3.17. The second kappa shape index (κ2) is 6.47. The van der Waals surface area contributed by atoms with Crippen molar-refractivity contribution >= 4 is 23.6 Å². The van der Waals surface area contributed by atoms with Crippen molar-refractivity contribution in [3.63, 3.8) is 0 Å². The number of rotatable bonds is 4. The molecule has 2 aliphatic heterocycles. The summed E-state index contributed by atoms with van der Waals surface area (Å²) in [6.45, 7) is 4.37. The number of carbonyl (C=O) groups is 2. The van der Waals surface area contributed by atoms with Crippen molar-refractivity contribution in [2.75, 3.05) is 12.4 Å². The van der Waals surface area contributed by atoms with Crippen molar-refractivity contribution in [1.29, 1.82) is 0 Å². The summed E-state index contributed by atoms with van der Waals surface area (Å²) < 4.78 is 5.48. The maximum atomic E-state index is 13.2. The first kappa shape index (κ1) is 17.2. The van der Waals surface area contributed by atoms with Crippen LogP contribution in [0, 0.1) is 5.92 Å². The van der Waals surface area contributed by atoms with Gasteiger partial charge in [0.25, 0.3) is 5.91 Å². The molecule has 0 aromatic heterocycles. The molecule has 1 saturated heterocycles. The van der Waals surface area contributed by atoms with Gasteiger partial charge in [-0.25, -0.2) is 4.79 Å². The zero-order valence-corrected chi connectivity index (χ0v) is 15.7. The summed E-state index contributed by atoms with van der Waals surface area (Å²) in [5.74, 6) is 0.385. The molecule has 2 unspecified atom stereocenters. The summed E-state index contributed by atoms with van der Waals surface area (Å²) in [6.07, 6.45) is 0. The highest BCUT2D eigenvalue weighted by Gasteiger charge is 2.60. The third-order valence-electron chi connectivity index (χ3n) is 4.84. The Labute approximate surface area is 157 Å². The normalized spacial score (nSPS) is 23.9. The number of esters is 1. The highest BCUT2D eigenvalue weighted by molar-refractivity contribution is 8.00. The first-order chi connectivity index (χ1) is 12.6. The molecule has 26 heavy (non-hydrogen) atoms. The number of hydrogen-bond donors (Lipinski definition) is 0. The lowest BCUT2D eigenvalue weighted by molar-refractivity contribution is -0.149. The molecule has 0 aliphatic carbocycles. The zero-order chi connectivity index (χ0) is 18.3. The van der Waals surface area contributed by atoms with Crippen molar-refractivity contribution in [2.24, 2.45) is 5.92 Å². The average molecular weight is 367 g/mol. The van der Waals surface area contributed by atoms with E-state index in [0.29, 0.717) is 17.9 Å². The minimum Gasteiger partial charge on any atom is -0.464 e. The third kappa shape index (κ3) is 2.45. The van der Waals surface area contributed by atoms with Crippen molar-refractivity contribution < 1.29 is 14.3 Å². The predicted octanol–water partition coefficient (Wildman–Crippen LogP) is 3.66. The number of nitrogens with zero attached hydrogens (tertiary/aromatic N) is 1. The van der Waals surface area contributed by atoms with Gasteiger partial charge in [-0.3, -0.25) is 4.79 Å². The van der Waals surface area contributed by atoms with Gasteiger partial charge in [0.15, 0.2) is 0 Å². The van der Waals surface area contributed by atoms with Crippen LogP contribution in [0.2, 0.25) is 0 Å². The van der Waals surface area contributed by atoms with Crippen LogP contribution in [0.15, 0.2) is 54.6 Å². The summed E-state index contributed by atoms with van der Waals surface area (Å²) >= 11 is 1.63. The Morgan fingerprint density at radius 3 is 2.62 bits per heavy atom.